The van der Waals surface area contributed by atoms with Crippen molar-refractivity contribution in [3.8, 4) is 9.79 Å². The van der Waals surface area contributed by atoms with Gasteiger partial charge in [-0.1, -0.05) is 0 Å². The molecular formula is C7H11Sb. The summed E-state index contributed by atoms with van der Waals surface area (Å²) >= 11 is 1.59. The first-order valence-corrected chi connectivity index (χ1v) is 4.31. The van der Waals surface area contributed by atoms with Gasteiger partial charge in [0.15, 0.2) is 0 Å². The van der Waals surface area contributed by atoms with Crippen LogP contribution in [0.15, 0.2) is 0 Å². The second-order valence-electron chi connectivity index (χ2n) is 1.75. The predicted octanol–water partition coefficient (Wildman–Crippen LogP) is 1.70. The minimum absolute atomic E-state index is 1.10. The van der Waals surface area contributed by atoms with Gasteiger partial charge in [0.25, 0.3) is 0 Å². The van der Waals surface area contributed by atoms with E-state index in [1.165, 1.54) is 19.3 Å². The average Bonchev–Trinajstić information content (AvgIpc) is 1.81. The van der Waals surface area contributed by atoms with Crippen molar-refractivity contribution in [3.63, 3.8) is 0 Å². The Bertz CT molecular complexity index is 86.3. The molecule has 44 valence electrons. The molecular weight excluding hydrogens is 206 g/mol. The SMILES string of the molecule is CCCCCC#[C][Sb]. The Morgan fingerprint density at radius 3 is 2.62 bits per heavy atom. The zero-order valence-electron chi connectivity index (χ0n) is 5.28. The summed E-state index contributed by atoms with van der Waals surface area (Å²) in [6.07, 6.45) is 5.02. The Balaban J connectivity index is 2.79. The summed E-state index contributed by atoms with van der Waals surface area (Å²) in [6.45, 7) is 2.21. The molecule has 0 fully saturated rings. The Labute approximate surface area is 65.5 Å². The third-order valence-electron chi connectivity index (χ3n) is 0.984. The van der Waals surface area contributed by atoms with Gasteiger partial charge in [0.2, 0.25) is 0 Å². The minimum atomic E-state index is 1.10. The van der Waals surface area contributed by atoms with Crippen LogP contribution in [0.1, 0.15) is 32.6 Å². The molecule has 0 aromatic heterocycles. The molecule has 0 heterocycles. The molecule has 0 atom stereocenters. The summed E-state index contributed by atoms with van der Waals surface area (Å²) in [5.74, 6) is 3.06. The van der Waals surface area contributed by atoms with Crippen molar-refractivity contribution in [2.75, 3.05) is 0 Å². The van der Waals surface area contributed by atoms with Crippen molar-refractivity contribution in [1.29, 1.82) is 0 Å². The van der Waals surface area contributed by atoms with Gasteiger partial charge in [0.05, 0.1) is 0 Å². The molecule has 0 aliphatic rings. The first kappa shape index (κ1) is 8.38. The van der Waals surface area contributed by atoms with Crippen LogP contribution in [-0.2, 0) is 0 Å². The Hall–Kier alpha value is 0.378. The van der Waals surface area contributed by atoms with Crippen molar-refractivity contribution >= 4 is 23.0 Å². The molecule has 0 unspecified atom stereocenters. The maximum atomic E-state index is 3.06. The Morgan fingerprint density at radius 1 is 1.38 bits per heavy atom. The summed E-state index contributed by atoms with van der Waals surface area (Å²) in [7, 11) is 0. The Kier molecular flexibility index (Phi) is 7.73. The predicted molar refractivity (Wildman–Crippen MR) is 37.7 cm³/mol. The van der Waals surface area contributed by atoms with E-state index in [2.05, 4.69) is 16.7 Å². The van der Waals surface area contributed by atoms with E-state index in [0.717, 1.165) is 6.42 Å². The summed E-state index contributed by atoms with van der Waals surface area (Å²) in [4.78, 5) is 0. The summed E-state index contributed by atoms with van der Waals surface area (Å²) in [5.41, 5.74) is 0. The first-order chi connectivity index (χ1) is 3.91. The number of hydrogen-bond donors (Lipinski definition) is 0. The van der Waals surface area contributed by atoms with Gasteiger partial charge in [0.1, 0.15) is 0 Å². The second kappa shape index (κ2) is 7.38. The Morgan fingerprint density at radius 2 is 2.12 bits per heavy atom. The van der Waals surface area contributed by atoms with Crippen LogP contribution in [0.3, 0.4) is 0 Å². The van der Waals surface area contributed by atoms with E-state index in [4.69, 9.17) is 0 Å². The first-order valence-electron chi connectivity index (χ1n) is 3.03. The summed E-state index contributed by atoms with van der Waals surface area (Å²) < 4.78 is 2.93. The summed E-state index contributed by atoms with van der Waals surface area (Å²) in [6, 6.07) is 0. The topological polar surface area (TPSA) is 0 Å². The van der Waals surface area contributed by atoms with Gasteiger partial charge in [0, 0.05) is 0 Å². The van der Waals surface area contributed by atoms with Gasteiger partial charge in [-0.05, 0) is 0 Å². The van der Waals surface area contributed by atoms with E-state index < -0.39 is 0 Å². The van der Waals surface area contributed by atoms with Gasteiger partial charge in [-0.25, -0.2) is 0 Å². The molecule has 1 heteroatoms. The van der Waals surface area contributed by atoms with Crippen molar-refractivity contribution in [2.45, 2.75) is 32.6 Å². The van der Waals surface area contributed by atoms with E-state index in [1.54, 1.807) is 23.0 Å². The molecule has 0 aliphatic heterocycles. The van der Waals surface area contributed by atoms with Crippen LogP contribution in [0.5, 0.6) is 0 Å². The molecule has 8 heavy (non-hydrogen) atoms. The molecule has 0 rings (SSSR count). The maximum absolute atomic E-state index is 3.06. The average molecular weight is 217 g/mol. The van der Waals surface area contributed by atoms with Crippen molar-refractivity contribution in [1.82, 2.24) is 0 Å². The molecule has 0 aromatic rings. The molecule has 0 saturated heterocycles. The number of hydrogen-bond acceptors (Lipinski definition) is 0. The number of unbranched alkanes of at least 4 members (excludes halogenated alkanes) is 3. The van der Waals surface area contributed by atoms with Crippen LogP contribution in [0.2, 0.25) is 0 Å². The second-order valence-corrected chi connectivity index (χ2v) is 2.38. The van der Waals surface area contributed by atoms with E-state index in [0.29, 0.717) is 0 Å². The fourth-order valence-electron chi connectivity index (χ4n) is 0.519. The van der Waals surface area contributed by atoms with E-state index in [1.807, 2.05) is 0 Å². The third-order valence-corrected chi connectivity index (χ3v) is 1.44. The van der Waals surface area contributed by atoms with E-state index >= 15 is 0 Å². The molecule has 0 N–H and O–H groups in total. The molecule has 0 saturated carbocycles. The van der Waals surface area contributed by atoms with Gasteiger partial charge in [-0.3, -0.25) is 0 Å². The molecule has 0 aromatic carbocycles. The van der Waals surface area contributed by atoms with Crippen molar-refractivity contribution < 1.29 is 0 Å². The normalized spacial score (nSPS) is 7.75. The van der Waals surface area contributed by atoms with E-state index in [-0.39, 0.29) is 0 Å². The fourth-order valence-corrected chi connectivity index (χ4v) is 0.838. The van der Waals surface area contributed by atoms with Crippen LogP contribution in [0, 0.1) is 9.79 Å². The van der Waals surface area contributed by atoms with Gasteiger partial charge in [-0.15, -0.1) is 0 Å². The van der Waals surface area contributed by atoms with Gasteiger partial charge >= 0.3 is 65.4 Å². The number of rotatable bonds is 3. The van der Waals surface area contributed by atoms with Crippen molar-refractivity contribution in [2.24, 2.45) is 0 Å². The van der Waals surface area contributed by atoms with E-state index in [9.17, 15) is 0 Å². The van der Waals surface area contributed by atoms with Gasteiger partial charge in [-0.2, -0.15) is 0 Å². The zero-order valence-corrected chi connectivity index (χ0v) is 7.83. The monoisotopic (exact) mass is 216 g/mol. The molecule has 0 bridgehead atoms. The van der Waals surface area contributed by atoms with Crippen LogP contribution in [0.25, 0.3) is 0 Å². The molecule has 0 aliphatic carbocycles. The molecule has 2 radical (unpaired) electrons. The van der Waals surface area contributed by atoms with Crippen LogP contribution in [0.4, 0.5) is 0 Å². The third kappa shape index (κ3) is 6.38. The van der Waals surface area contributed by atoms with Crippen LogP contribution in [-0.4, -0.2) is 23.0 Å². The molecule has 0 nitrogen and oxygen atoms in total. The zero-order chi connectivity index (χ0) is 6.24. The molecule has 0 amide bonds. The quantitative estimate of drug-likeness (QED) is 0.383. The fraction of sp³-hybridized carbons (Fsp3) is 0.714. The standard InChI is InChI=1S/C7H11.Sb/c1-3-5-7-6-4-2;/h3,5-7H2,1H3;. The molecule has 0 spiro atoms. The van der Waals surface area contributed by atoms with Gasteiger partial charge < -0.3 is 0 Å². The van der Waals surface area contributed by atoms with Crippen LogP contribution < -0.4 is 0 Å². The van der Waals surface area contributed by atoms with Crippen LogP contribution >= 0.6 is 0 Å². The summed E-state index contributed by atoms with van der Waals surface area (Å²) in [5, 5.41) is 0. The van der Waals surface area contributed by atoms with Crippen molar-refractivity contribution in [3.05, 3.63) is 0 Å².